The van der Waals surface area contributed by atoms with E-state index in [9.17, 15) is 0 Å². The molecular formula is C13H16ClNO5. The molecule has 6 nitrogen and oxygen atoms in total. The smallest absolute Gasteiger partial charge is 0.206 e. The summed E-state index contributed by atoms with van der Waals surface area (Å²) in [4.78, 5) is 0. The molecule has 0 amide bonds. The molecule has 2 aromatic heterocycles. The Labute approximate surface area is 119 Å². The molecule has 0 radical (unpaired) electrons. The number of pyridine rings is 1. The summed E-state index contributed by atoms with van der Waals surface area (Å²) in [5.74, 6) is 0.995. The lowest BCUT2D eigenvalue weighted by atomic mass is 10.2. The fraction of sp³-hybridized carbons (Fsp3) is 0.308. The second kappa shape index (κ2) is 6.83. The van der Waals surface area contributed by atoms with Crippen molar-refractivity contribution in [3.05, 3.63) is 53.2 Å². The van der Waals surface area contributed by atoms with E-state index in [-0.39, 0.29) is 0 Å². The SMILES string of the molecule is Cc1cc(C)[n+](Cc2ccco2)c(C)c1.[O-][Cl+3]([O-])([O-])[O-]. The van der Waals surface area contributed by atoms with Crippen LogP contribution in [0.1, 0.15) is 22.7 Å². The Hall–Kier alpha value is -1.44. The Bertz CT molecular complexity index is 519. The molecule has 0 N–H and O–H groups in total. The van der Waals surface area contributed by atoms with E-state index < -0.39 is 10.2 Å². The van der Waals surface area contributed by atoms with Gasteiger partial charge in [0.05, 0.1) is 6.26 Å². The molecule has 0 aliphatic rings. The number of aromatic nitrogens is 1. The van der Waals surface area contributed by atoms with Crippen molar-refractivity contribution in [3.8, 4) is 0 Å². The van der Waals surface area contributed by atoms with Gasteiger partial charge in [0.25, 0.3) is 0 Å². The van der Waals surface area contributed by atoms with Crippen LogP contribution in [0, 0.1) is 31.0 Å². The molecule has 0 spiro atoms. The summed E-state index contributed by atoms with van der Waals surface area (Å²) in [5.41, 5.74) is 3.84. The zero-order chi connectivity index (χ0) is 15.3. The number of rotatable bonds is 2. The van der Waals surface area contributed by atoms with Crippen LogP contribution in [0.15, 0.2) is 34.9 Å². The highest BCUT2D eigenvalue weighted by Crippen LogP contribution is 2.05. The van der Waals surface area contributed by atoms with E-state index in [4.69, 9.17) is 23.1 Å². The van der Waals surface area contributed by atoms with Gasteiger partial charge in [-0.1, -0.05) is 0 Å². The molecule has 0 saturated heterocycles. The average molecular weight is 302 g/mol. The number of furan rings is 1. The van der Waals surface area contributed by atoms with Crippen LogP contribution in [0.5, 0.6) is 0 Å². The van der Waals surface area contributed by atoms with Gasteiger partial charge in [-0.25, -0.2) is 18.6 Å². The summed E-state index contributed by atoms with van der Waals surface area (Å²) in [6.07, 6.45) is 1.72. The minimum atomic E-state index is -4.94. The van der Waals surface area contributed by atoms with Crippen LogP contribution in [0.2, 0.25) is 0 Å². The van der Waals surface area contributed by atoms with Gasteiger partial charge < -0.3 is 4.42 Å². The third-order valence-electron chi connectivity index (χ3n) is 2.62. The number of hydrogen-bond donors (Lipinski definition) is 0. The van der Waals surface area contributed by atoms with Gasteiger partial charge in [-0.2, -0.15) is 4.57 Å². The highest BCUT2D eigenvalue weighted by molar-refractivity contribution is 5.13. The summed E-state index contributed by atoms with van der Waals surface area (Å²) in [6, 6.07) is 8.31. The molecule has 0 atom stereocenters. The quantitative estimate of drug-likeness (QED) is 0.584. The van der Waals surface area contributed by atoms with E-state index in [1.54, 1.807) is 6.26 Å². The minimum absolute atomic E-state index is 0.810. The van der Waals surface area contributed by atoms with E-state index in [0.717, 1.165) is 12.3 Å². The summed E-state index contributed by atoms with van der Waals surface area (Å²) in [5, 5.41) is 0. The van der Waals surface area contributed by atoms with Crippen molar-refractivity contribution < 1.29 is 37.9 Å². The van der Waals surface area contributed by atoms with Crippen LogP contribution < -0.4 is 23.2 Å². The first-order valence-corrected chi connectivity index (χ1v) is 7.02. The van der Waals surface area contributed by atoms with E-state index in [1.807, 2.05) is 12.1 Å². The fourth-order valence-corrected chi connectivity index (χ4v) is 1.94. The van der Waals surface area contributed by atoms with Crippen molar-refractivity contribution in [2.45, 2.75) is 27.3 Å². The monoisotopic (exact) mass is 301 g/mol. The summed E-state index contributed by atoms with van der Waals surface area (Å²) in [6.45, 7) is 7.19. The second-order valence-corrected chi connectivity index (χ2v) is 5.11. The molecule has 0 aliphatic heterocycles. The molecule has 0 bridgehead atoms. The fourth-order valence-electron chi connectivity index (χ4n) is 1.94. The van der Waals surface area contributed by atoms with E-state index in [1.165, 1.54) is 17.0 Å². The average Bonchev–Trinajstić information content (AvgIpc) is 2.73. The maximum absolute atomic E-state index is 8.49. The highest BCUT2D eigenvalue weighted by Gasteiger charge is 2.13. The first-order chi connectivity index (χ1) is 9.16. The molecule has 0 aliphatic carbocycles. The molecule has 0 unspecified atom stereocenters. The topological polar surface area (TPSA) is 109 Å². The maximum atomic E-state index is 8.49. The van der Waals surface area contributed by atoms with Gasteiger partial charge in [0.15, 0.2) is 17.1 Å². The van der Waals surface area contributed by atoms with Crippen LogP contribution in [0.3, 0.4) is 0 Å². The molecule has 0 fully saturated rings. The van der Waals surface area contributed by atoms with Crippen molar-refractivity contribution in [2.24, 2.45) is 0 Å². The Morgan fingerprint density at radius 1 is 1.05 bits per heavy atom. The molecule has 7 heteroatoms. The molecular weight excluding hydrogens is 286 g/mol. The van der Waals surface area contributed by atoms with Crippen molar-refractivity contribution in [2.75, 3.05) is 0 Å². The number of nitrogens with zero attached hydrogens (tertiary/aromatic N) is 1. The van der Waals surface area contributed by atoms with Crippen LogP contribution >= 0.6 is 0 Å². The van der Waals surface area contributed by atoms with Gasteiger partial charge in [0.1, 0.15) is 0 Å². The van der Waals surface area contributed by atoms with Gasteiger partial charge in [0, 0.05) is 26.0 Å². The molecule has 110 valence electrons. The standard InChI is InChI=1S/C13H16NO.ClHO4/c1-10-7-11(2)14(12(3)8-10)9-13-5-4-6-15-13;2-1(3,4)5/h4-8H,9H2,1-3H3;(H,2,3,4,5)/q+1;/p-1. The Kier molecular flexibility index (Phi) is 5.67. The van der Waals surface area contributed by atoms with Crippen LogP contribution in [0.25, 0.3) is 0 Å². The highest BCUT2D eigenvalue weighted by atomic mass is 35.7. The number of halogens is 1. The van der Waals surface area contributed by atoms with Gasteiger partial charge >= 0.3 is 0 Å². The largest absolute Gasteiger partial charge is 0.463 e. The molecule has 20 heavy (non-hydrogen) atoms. The van der Waals surface area contributed by atoms with Gasteiger partial charge in [-0.15, -0.1) is 10.2 Å². The van der Waals surface area contributed by atoms with Crippen LogP contribution in [0.4, 0.5) is 0 Å². The van der Waals surface area contributed by atoms with Crippen molar-refractivity contribution >= 4 is 0 Å². The summed E-state index contributed by atoms with van der Waals surface area (Å²) >= 11 is 0. The first kappa shape index (κ1) is 16.6. The Morgan fingerprint density at radius 3 is 1.95 bits per heavy atom. The van der Waals surface area contributed by atoms with E-state index in [0.29, 0.717) is 0 Å². The van der Waals surface area contributed by atoms with E-state index in [2.05, 4.69) is 37.5 Å². The molecule has 2 heterocycles. The molecule has 2 aromatic rings. The van der Waals surface area contributed by atoms with Crippen molar-refractivity contribution in [1.82, 2.24) is 0 Å². The lowest BCUT2D eigenvalue weighted by Crippen LogP contribution is -2.68. The zero-order valence-corrected chi connectivity index (χ0v) is 12.2. The van der Waals surface area contributed by atoms with Crippen LogP contribution in [-0.4, -0.2) is 0 Å². The Morgan fingerprint density at radius 2 is 1.55 bits per heavy atom. The van der Waals surface area contributed by atoms with Gasteiger partial charge in [-0.3, -0.25) is 0 Å². The third-order valence-corrected chi connectivity index (χ3v) is 2.62. The number of aryl methyl sites for hydroxylation is 3. The van der Waals surface area contributed by atoms with Gasteiger partial charge in [-0.05, 0) is 24.6 Å². The minimum Gasteiger partial charge on any atom is -0.463 e. The molecule has 0 saturated carbocycles. The summed E-state index contributed by atoms with van der Waals surface area (Å²) in [7, 11) is -4.94. The predicted molar refractivity (Wildman–Crippen MR) is 58.7 cm³/mol. The Balaban J connectivity index is 0.000000347. The normalized spacial score (nSPS) is 10.9. The first-order valence-electron chi connectivity index (χ1n) is 5.78. The lowest BCUT2D eigenvalue weighted by Gasteiger charge is -2.17. The predicted octanol–water partition coefficient (Wildman–Crippen LogP) is -2.22. The van der Waals surface area contributed by atoms with Crippen LogP contribution in [-0.2, 0) is 6.54 Å². The van der Waals surface area contributed by atoms with E-state index >= 15 is 0 Å². The zero-order valence-electron chi connectivity index (χ0n) is 11.5. The number of hydrogen-bond acceptors (Lipinski definition) is 5. The van der Waals surface area contributed by atoms with Crippen molar-refractivity contribution in [3.63, 3.8) is 0 Å². The summed E-state index contributed by atoms with van der Waals surface area (Å²) < 4.78 is 41.6. The second-order valence-electron chi connectivity index (χ2n) is 4.36. The third kappa shape index (κ3) is 6.14. The van der Waals surface area contributed by atoms with Gasteiger partial charge in [0.2, 0.25) is 6.54 Å². The van der Waals surface area contributed by atoms with Crippen molar-refractivity contribution in [1.29, 1.82) is 0 Å². The lowest BCUT2D eigenvalue weighted by molar-refractivity contribution is -2.00. The molecule has 2 rings (SSSR count). The molecule has 0 aromatic carbocycles. The maximum Gasteiger partial charge on any atom is 0.206 e.